The van der Waals surface area contributed by atoms with Crippen molar-refractivity contribution < 1.29 is 35.9 Å². The van der Waals surface area contributed by atoms with E-state index in [-0.39, 0.29) is 0 Å². The minimum Gasteiger partial charge on any atom is -0.285 e. The van der Waals surface area contributed by atoms with Gasteiger partial charge in [-0.15, -0.1) is 0 Å². The van der Waals surface area contributed by atoms with Gasteiger partial charge < -0.3 is 0 Å². The average Bonchev–Trinajstić information content (AvgIpc) is 2.35. The third kappa shape index (κ3) is 1.31. The van der Waals surface area contributed by atoms with Crippen molar-refractivity contribution in [2.24, 2.45) is 0 Å². The van der Waals surface area contributed by atoms with Gasteiger partial charge in [0.25, 0.3) is 5.78 Å². The summed E-state index contributed by atoms with van der Waals surface area (Å²) in [5, 5.41) is 0. The summed E-state index contributed by atoms with van der Waals surface area (Å²) in [5.74, 6) is -17.9. The molecule has 0 fully saturated rings. The molecule has 0 heterocycles. The predicted molar refractivity (Wildman–Crippen MR) is 44.7 cm³/mol. The second kappa shape index (κ2) is 3.69. The Labute approximate surface area is 94.5 Å². The Hall–Kier alpha value is -2.12. The van der Waals surface area contributed by atoms with Gasteiger partial charge >= 0.3 is 0 Å². The normalized spacial score (nSPS) is 15.2. The molecule has 0 saturated heterocycles. The van der Waals surface area contributed by atoms with E-state index in [4.69, 9.17) is 0 Å². The summed E-state index contributed by atoms with van der Waals surface area (Å²) < 4.78 is 78.0. The smallest absolute Gasteiger partial charge is 0.265 e. The fourth-order valence-electron chi connectivity index (χ4n) is 1.47. The number of rotatable bonds is 0. The van der Waals surface area contributed by atoms with Gasteiger partial charge in [-0.05, 0) is 0 Å². The number of hydrogen-bond donors (Lipinski definition) is 0. The van der Waals surface area contributed by atoms with Gasteiger partial charge in [-0.3, -0.25) is 9.59 Å². The zero-order valence-electron chi connectivity index (χ0n) is 8.08. The van der Waals surface area contributed by atoms with Crippen LogP contribution < -0.4 is 0 Å². The van der Waals surface area contributed by atoms with Crippen LogP contribution in [0.3, 0.4) is 0 Å². The van der Waals surface area contributed by atoms with Crippen LogP contribution in [0.5, 0.6) is 0 Å². The van der Waals surface area contributed by atoms with E-state index < -0.39 is 57.6 Å². The molecule has 0 radical (unpaired) electrons. The Kier molecular flexibility index (Phi) is 2.53. The number of hydrogen-bond acceptors (Lipinski definition) is 2. The topological polar surface area (TPSA) is 34.1 Å². The summed E-state index contributed by atoms with van der Waals surface area (Å²) in [6.45, 7) is 0. The number of benzene rings is 1. The molecule has 0 spiro atoms. The standard InChI is InChI=1S/C10F6O2/c11-3-1-2(5(13)7(15)6(3)14)9(17)10(18)8(16)4(1)12. The summed E-state index contributed by atoms with van der Waals surface area (Å²) in [6, 6.07) is 0. The van der Waals surface area contributed by atoms with Crippen molar-refractivity contribution in [2.75, 3.05) is 0 Å². The maximum atomic E-state index is 13.2. The number of carbonyl (C=O) groups excluding carboxylic acids is 2. The zero-order valence-corrected chi connectivity index (χ0v) is 8.08. The van der Waals surface area contributed by atoms with Crippen molar-refractivity contribution in [3.05, 3.63) is 40.2 Å². The molecule has 0 bridgehead atoms. The lowest BCUT2D eigenvalue weighted by Crippen LogP contribution is -2.25. The molecule has 1 aliphatic rings. The van der Waals surface area contributed by atoms with Gasteiger partial charge in [0.1, 0.15) is 0 Å². The van der Waals surface area contributed by atoms with Gasteiger partial charge in [-0.1, -0.05) is 0 Å². The Balaban J connectivity index is 3.01. The maximum Gasteiger partial charge on any atom is 0.265 e. The molecule has 2 rings (SSSR count). The number of allylic oxidation sites excluding steroid dienone is 1. The first-order valence-corrected chi connectivity index (χ1v) is 4.29. The fraction of sp³-hybridized carbons (Fsp3) is 0. The largest absolute Gasteiger partial charge is 0.285 e. The van der Waals surface area contributed by atoms with E-state index in [0.717, 1.165) is 0 Å². The van der Waals surface area contributed by atoms with E-state index in [1.807, 2.05) is 0 Å². The van der Waals surface area contributed by atoms with Crippen LogP contribution in [0.15, 0.2) is 5.83 Å². The van der Waals surface area contributed by atoms with Crippen LogP contribution in [-0.4, -0.2) is 11.6 Å². The first-order valence-electron chi connectivity index (χ1n) is 4.29. The molecule has 1 aromatic rings. The Morgan fingerprint density at radius 1 is 0.500 bits per heavy atom. The van der Waals surface area contributed by atoms with Gasteiger partial charge in [0, 0.05) is 0 Å². The molecule has 0 aromatic heterocycles. The van der Waals surface area contributed by atoms with Crippen molar-refractivity contribution in [1.82, 2.24) is 0 Å². The van der Waals surface area contributed by atoms with Gasteiger partial charge in [0.2, 0.25) is 11.6 Å². The molecule has 1 aliphatic carbocycles. The van der Waals surface area contributed by atoms with Crippen molar-refractivity contribution in [1.29, 1.82) is 0 Å². The lowest BCUT2D eigenvalue weighted by molar-refractivity contribution is -0.113. The molecule has 0 unspecified atom stereocenters. The van der Waals surface area contributed by atoms with Gasteiger partial charge in [-0.25, -0.2) is 22.0 Å². The van der Waals surface area contributed by atoms with Gasteiger partial charge in [0.05, 0.1) is 11.1 Å². The monoisotopic (exact) mass is 266 g/mol. The van der Waals surface area contributed by atoms with Gasteiger partial charge in [-0.2, -0.15) is 4.39 Å². The summed E-state index contributed by atoms with van der Waals surface area (Å²) >= 11 is 0. The van der Waals surface area contributed by atoms with Crippen LogP contribution in [-0.2, 0) is 4.79 Å². The average molecular weight is 266 g/mol. The predicted octanol–water partition coefficient (Wildman–Crippen LogP) is 2.62. The minimum atomic E-state index is -2.41. The molecular weight excluding hydrogens is 266 g/mol. The molecule has 94 valence electrons. The first kappa shape index (κ1) is 12.3. The maximum absolute atomic E-state index is 13.2. The van der Waals surface area contributed by atoms with Crippen LogP contribution in [0.25, 0.3) is 5.83 Å². The van der Waals surface area contributed by atoms with Crippen LogP contribution in [0.1, 0.15) is 15.9 Å². The lowest BCUT2D eigenvalue weighted by atomic mass is 9.92. The Morgan fingerprint density at radius 3 is 1.44 bits per heavy atom. The van der Waals surface area contributed by atoms with E-state index in [2.05, 4.69) is 0 Å². The first-order chi connectivity index (χ1) is 8.29. The van der Waals surface area contributed by atoms with E-state index in [0.29, 0.717) is 0 Å². The molecule has 0 amide bonds. The van der Waals surface area contributed by atoms with Crippen molar-refractivity contribution in [2.45, 2.75) is 0 Å². The Morgan fingerprint density at radius 2 is 0.944 bits per heavy atom. The zero-order chi connectivity index (χ0) is 13.8. The molecule has 2 nitrogen and oxygen atoms in total. The van der Waals surface area contributed by atoms with E-state index in [1.54, 1.807) is 0 Å². The van der Waals surface area contributed by atoms with Crippen LogP contribution in [0.4, 0.5) is 26.3 Å². The third-order valence-electron chi connectivity index (χ3n) is 2.31. The quantitative estimate of drug-likeness (QED) is 0.313. The number of Topliss-reactive ketones (excluding diaryl/α,β-unsaturated/α-hetero) is 2. The van der Waals surface area contributed by atoms with Crippen molar-refractivity contribution in [3.63, 3.8) is 0 Å². The highest BCUT2D eigenvalue weighted by Gasteiger charge is 2.41. The summed E-state index contributed by atoms with van der Waals surface area (Å²) in [6.07, 6.45) is 0. The highest BCUT2D eigenvalue weighted by atomic mass is 19.2. The van der Waals surface area contributed by atoms with Crippen molar-refractivity contribution in [3.8, 4) is 0 Å². The highest BCUT2D eigenvalue weighted by molar-refractivity contribution is 6.51. The second-order valence-electron chi connectivity index (χ2n) is 3.29. The highest BCUT2D eigenvalue weighted by Crippen LogP contribution is 2.36. The number of carbonyl (C=O) groups is 2. The van der Waals surface area contributed by atoms with Crippen LogP contribution in [0.2, 0.25) is 0 Å². The molecule has 1 aromatic carbocycles. The fourth-order valence-corrected chi connectivity index (χ4v) is 1.47. The van der Waals surface area contributed by atoms with E-state index in [9.17, 15) is 35.9 Å². The molecule has 0 atom stereocenters. The van der Waals surface area contributed by atoms with Crippen LogP contribution >= 0.6 is 0 Å². The molecule has 0 N–H and O–H groups in total. The van der Waals surface area contributed by atoms with Gasteiger partial charge in [0.15, 0.2) is 29.1 Å². The summed E-state index contributed by atoms with van der Waals surface area (Å²) in [7, 11) is 0. The van der Waals surface area contributed by atoms with E-state index >= 15 is 0 Å². The third-order valence-corrected chi connectivity index (χ3v) is 2.31. The molecule has 0 saturated carbocycles. The molecule has 8 heteroatoms. The summed E-state index contributed by atoms with van der Waals surface area (Å²) in [4.78, 5) is 22.0. The SMILES string of the molecule is O=C1C(=O)c2c(F)c(F)c(F)c(F)c2C(F)=C1F. The lowest BCUT2D eigenvalue weighted by Gasteiger charge is -2.14. The number of ketones is 2. The minimum absolute atomic E-state index is 1.66. The number of fused-ring (bicyclic) bond motifs is 1. The Bertz CT molecular complexity index is 647. The second-order valence-corrected chi connectivity index (χ2v) is 3.29. The van der Waals surface area contributed by atoms with Crippen molar-refractivity contribution >= 4 is 17.4 Å². The van der Waals surface area contributed by atoms with E-state index in [1.165, 1.54) is 0 Å². The summed E-state index contributed by atoms with van der Waals surface area (Å²) in [5.41, 5.74) is -3.39. The molecule has 0 aliphatic heterocycles. The molecule has 18 heavy (non-hydrogen) atoms. The van der Waals surface area contributed by atoms with Crippen LogP contribution in [0, 0.1) is 23.3 Å². The number of halogens is 6. The molecular formula is C10F6O2.